The molecule has 1 aromatic heterocycles. The van der Waals surface area contributed by atoms with Crippen LogP contribution >= 0.6 is 0 Å². The fourth-order valence-corrected chi connectivity index (χ4v) is 2.04. The highest BCUT2D eigenvalue weighted by atomic mass is 16.1. The summed E-state index contributed by atoms with van der Waals surface area (Å²) in [4.78, 5) is 19.2. The summed E-state index contributed by atoms with van der Waals surface area (Å²) in [6.45, 7) is 0. The lowest BCUT2D eigenvalue weighted by Crippen LogP contribution is -2.00. The van der Waals surface area contributed by atoms with Gasteiger partial charge in [-0.15, -0.1) is 0 Å². The molecule has 24 heavy (non-hydrogen) atoms. The molecular formula is C18H13N5O. The highest BCUT2D eigenvalue weighted by molar-refractivity contribution is 5.76. The third-order valence-electron chi connectivity index (χ3n) is 3.24. The molecule has 0 amide bonds. The van der Waals surface area contributed by atoms with Crippen LogP contribution in [0.4, 0.5) is 23.1 Å². The molecule has 6 heteroatoms. The Hall–Kier alpha value is -3.72. The first-order valence-electron chi connectivity index (χ1n) is 7.19. The molecule has 0 fully saturated rings. The van der Waals surface area contributed by atoms with Crippen LogP contribution in [0.2, 0.25) is 0 Å². The van der Waals surface area contributed by atoms with E-state index in [-0.39, 0.29) is 0 Å². The van der Waals surface area contributed by atoms with Crippen LogP contribution in [-0.4, -0.2) is 16.3 Å². The lowest BCUT2D eigenvalue weighted by Gasteiger charge is -2.08. The molecule has 0 aliphatic rings. The van der Waals surface area contributed by atoms with Crippen molar-refractivity contribution in [3.63, 3.8) is 0 Å². The van der Waals surface area contributed by atoms with Crippen LogP contribution in [0.1, 0.15) is 15.9 Å². The Kier molecular flexibility index (Phi) is 4.45. The minimum absolute atomic E-state index is 0.439. The summed E-state index contributed by atoms with van der Waals surface area (Å²) in [6, 6.07) is 17.9. The van der Waals surface area contributed by atoms with Gasteiger partial charge in [0.05, 0.1) is 11.6 Å². The Morgan fingerprint density at radius 2 is 1.58 bits per heavy atom. The van der Waals surface area contributed by atoms with E-state index in [1.807, 2.05) is 0 Å². The van der Waals surface area contributed by atoms with Crippen molar-refractivity contribution in [3.8, 4) is 6.07 Å². The van der Waals surface area contributed by atoms with Crippen molar-refractivity contribution in [1.29, 1.82) is 5.26 Å². The van der Waals surface area contributed by atoms with Gasteiger partial charge >= 0.3 is 0 Å². The number of hydrogen-bond donors (Lipinski definition) is 2. The second kappa shape index (κ2) is 7.03. The lowest BCUT2D eigenvalue weighted by molar-refractivity contribution is 0.112. The number of hydrogen-bond acceptors (Lipinski definition) is 6. The number of rotatable bonds is 5. The predicted molar refractivity (Wildman–Crippen MR) is 91.6 cm³/mol. The summed E-state index contributed by atoms with van der Waals surface area (Å²) in [7, 11) is 0. The zero-order valence-corrected chi connectivity index (χ0v) is 12.6. The Morgan fingerprint density at radius 3 is 2.25 bits per heavy atom. The van der Waals surface area contributed by atoms with Gasteiger partial charge in [0.1, 0.15) is 12.1 Å². The van der Waals surface area contributed by atoms with E-state index in [1.54, 1.807) is 60.8 Å². The zero-order valence-electron chi connectivity index (χ0n) is 12.6. The minimum atomic E-state index is 0.439. The molecule has 1 heterocycles. The quantitative estimate of drug-likeness (QED) is 0.698. The van der Waals surface area contributed by atoms with Crippen molar-refractivity contribution in [2.75, 3.05) is 10.6 Å². The number of anilines is 4. The van der Waals surface area contributed by atoms with Gasteiger partial charge in [-0.2, -0.15) is 10.2 Å². The number of carbonyl (C=O) groups is 1. The predicted octanol–water partition coefficient (Wildman–Crippen LogP) is 3.65. The van der Waals surface area contributed by atoms with Crippen LogP contribution in [0.3, 0.4) is 0 Å². The summed E-state index contributed by atoms with van der Waals surface area (Å²) >= 11 is 0. The molecular weight excluding hydrogens is 302 g/mol. The first-order chi connectivity index (χ1) is 11.8. The monoisotopic (exact) mass is 315 g/mol. The van der Waals surface area contributed by atoms with Gasteiger partial charge in [-0.3, -0.25) is 4.79 Å². The zero-order chi connectivity index (χ0) is 16.8. The number of nitrogens with one attached hydrogen (secondary N) is 2. The van der Waals surface area contributed by atoms with Crippen LogP contribution in [-0.2, 0) is 0 Å². The smallest absolute Gasteiger partial charge is 0.229 e. The topological polar surface area (TPSA) is 90.7 Å². The molecule has 0 saturated heterocycles. The van der Waals surface area contributed by atoms with E-state index in [0.29, 0.717) is 22.9 Å². The number of aldehydes is 1. The molecule has 0 spiro atoms. The maximum atomic E-state index is 10.7. The van der Waals surface area contributed by atoms with E-state index < -0.39 is 0 Å². The van der Waals surface area contributed by atoms with Gasteiger partial charge in [-0.25, -0.2) is 4.98 Å². The van der Waals surface area contributed by atoms with E-state index in [4.69, 9.17) is 5.26 Å². The van der Waals surface area contributed by atoms with Crippen LogP contribution in [0.5, 0.6) is 0 Å². The molecule has 0 radical (unpaired) electrons. The van der Waals surface area contributed by atoms with E-state index >= 15 is 0 Å². The minimum Gasteiger partial charge on any atom is -0.340 e. The van der Waals surface area contributed by atoms with E-state index in [2.05, 4.69) is 26.7 Å². The molecule has 0 bridgehead atoms. The van der Waals surface area contributed by atoms with Gasteiger partial charge in [-0.1, -0.05) is 0 Å². The Bertz CT molecular complexity index is 883. The maximum Gasteiger partial charge on any atom is 0.229 e. The largest absolute Gasteiger partial charge is 0.340 e. The normalized spacial score (nSPS) is 9.79. The van der Waals surface area contributed by atoms with Gasteiger partial charge in [0, 0.05) is 23.1 Å². The summed E-state index contributed by atoms with van der Waals surface area (Å²) in [6.07, 6.45) is 2.44. The molecule has 116 valence electrons. The summed E-state index contributed by atoms with van der Waals surface area (Å²) in [5.74, 6) is 1.06. The van der Waals surface area contributed by atoms with Crippen molar-refractivity contribution in [3.05, 3.63) is 71.9 Å². The van der Waals surface area contributed by atoms with Crippen LogP contribution in [0.15, 0.2) is 60.8 Å². The van der Waals surface area contributed by atoms with Crippen molar-refractivity contribution < 1.29 is 4.79 Å². The summed E-state index contributed by atoms with van der Waals surface area (Å²) in [5, 5.41) is 15.0. The van der Waals surface area contributed by atoms with Gasteiger partial charge in [0.15, 0.2) is 0 Å². The standard InChI is InChI=1S/C18H13N5O/c19-11-13-1-5-16(6-2-13)22-18-20-10-9-17(23-18)21-15-7-3-14(12-24)4-8-15/h1-10,12H,(H2,20,21,22,23). The average molecular weight is 315 g/mol. The number of carbonyl (C=O) groups excluding carboxylic acids is 1. The van der Waals surface area contributed by atoms with Crippen LogP contribution in [0.25, 0.3) is 0 Å². The van der Waals surface area contributed by atoms with Crippen LogP contribution in [0, 0.1) is 11.3 Å². The first-order valence-corrected chi connectivity index (χ1v) is 7.19. The van der Waals surface area contributed by atoms with Crippen molar-refractivity contribution >= 4 is 29.4 Å². The van der Waals surface area contributed by atoms with Gasteiger partial charge in [0.2, 0.25) is 5.95 Å². The van der Waals surface area contributed by atoms with Gasteiger partial charge < -0.3 is 10.6 Å². The third kappa shape index (κ3) is 3.72. The maximum absolute atomic E-state index is 10.7. The highest BCUT2D eigenvalue weighted by Crippen LogP contribution is 2.18. The first kappa shape index (κ1) is 15.2. The van der Waals surface area contributed by atoms with Crippen molar-refractivity contribution in [1.82, 2.24) is 9.97 Å². The molecule has 0 aliphatic carbocycles. The van der Waals surface area contributed by atoms with Crippen molar-refractivity contribution in [2.24, 2.45) is 0 Å². The second-order valence-electron chi connectivity index (χ2n) is 4.94. The van der Waals surface area contributed by atoms with Gasteiger partial charge in [0.25, 0.3) is 0 Å². The fraction of sp³-hybridized carbons (Fsp3) is 0. The molecule has 0 aliphatic heterocycles. The average Bonchev–Trinajstić information content (AvgIpc) is 2.63. The summed E-state index contributed by atoms with van der Waals surface area (Å²) in [5.41, 5.74) is 2.83. The lowest BCUT2D eigenvalue weighted by atomic mass is 10.2. The second-order valence-corrected chi connectivity index (χ2v) is 4.94. The van der Waals surface area contributed by atoms with E-state index in [9.17, 15) is 4.79 Å². The molecule has 3 rings (SSSR count). The Labute approximate surface area is 138 Å². The number of benzene rings is 2. The SMILES string of the molecule is N#Cc1ccc(Nc2nccc(Nc3ccc(C=O)cc3)n2)cc1. The Morgan fingerprint density at radius 1 is 0.917 bits per heavy atom. The number of nitrogens with zero attached hydrogens (tertiary/aromatic N) is 3. The molecule has 3 aromatic rings. The number of nitriles is 1. The molecule has 0 saturated carbocycles. The molecule has 2 aromatic carbocycles. The highest BCUT2D eigenvalue weighted by Gasteiger charge is 2.02. The van der Waals surface area contributed by atoms with Crippen molar-refractivity contribution in [2.45, 2.75) is 0 Å². The Balaban J connectivity index is 1.73. The van der Waals surface area contributed by atoms with E-state index in [0.717, 1.165) is 17.7 Å². The molecule has 6 nitrogen and oxygen atoms in total. The molecule has 0 unspecified atom stereocenters. The summed E-state index contributed by atoms with van der Waals surface area (Å²) < 4.78 is 0. The van der Waals surface area contributed by atoms with Gasteiger partial charge in [-0.05, 0) is 54.6 Å². The molecule has 0 atom stereocenters. The fourth-order valence-electron chi connectivity index (χ4n) is 2.04. The van der Waals surface area contributed by atoms with E-state index in [1.165, 1.54) is 0 Å². The van der Waals surface area contributed by atoms with Crippen LogP contribution < -0.4 is 10.6 Å². The third-order valence-corrected chi connectivity index (χ3v) is 3.24. The number of aromatic nitrogens is 2. The molecule has 2 N–H and O–H groups in total.